The lowest BCUT2D eigenvalue weighted by atomic mass is 9.42. The molecule has 0 amide bonds. The van der Waals surface area contributed by atoms with Gasteiger partial charge in [-0.15, -0.1) is 0 Å². The van der Waals surface area contributed by atoms with Gasteiger partial charge < -0.3 is 0 Å². The summed E-state index contributed by atoms with van der Waals surface area (Å²) in [6, 6.07) is 0. The van der Waals surface area contributed by atoms with Crippen LogP contribution in [0.15, 0.2) is 0 Å². The Morgan fingerprint density at radius 1 is 0.500 bits per heavy atom. The molecule has 1 nitrogen and oxygen atoms in total. The van der Waals surface area contributed by atoms with Gasteiger partial charge in [0.1, 0.15) is 5.78 Å². The van der Waals surface area contributed by atoms with E-state index < -0.39 is 0 Å². The highest BCUT2D eigenvalue weighted by molar-refractivity contribution is 5.96. The van der Waals surface area contributed by atoms with Crippen molar-refractivity contribution in [2.75, 3.05) is 0 Å². The third-order valence-corrected chi connectivity index (χ3v) is 13.4. The molecule has 0 unspecified atom stereocenters. The first-order valence-electron chi connectivity index (χ1n) is 18.1. The third-order valence-electron chi connectivity index (χ3n) is 13.4. The number of carbonyl (C=O) groups excluding carboxylic acids is 1. The van der Waals surface area contributed by atoms with Crippen molar-refractivity contribution in [3.8, 4) is 0 Å². The maximum absolute atomic E-state index is 13.8. The molecule has 0 radical (unpaired) electrons. The van der Waals surface area contributed by atoms with Crippen molar-refractivity contribution in [1.82, 2.24) is 0 Å². The van der Waals surface area contributed by atoms with Gasteiger partial charge in [0.2, 0.25) is 0 Å². The Morgan fingerprint density at radius 3 is 1.37 bits per heavy atom. The molecule has 0 aromatic carbocycles. The van der Waals surface area contributed by atoms with E-state index in [4.69, 9.17) is 0 Å². The summed E-state index contributed by atoms with van der Waals surface area (Å²) in [7, 11) is 0. The van der Waals surface area contributed by atoms with Crippen LogP contribution in [0.1, 0.15) is 181 Å². The third kappa shape index (κ3) is 6.59. The van der Waals surface area contributed by atoms with Crippen LogP contribution in [0, 0.1) is 46.3 Å². The fourth-order valence-electron chi connectivity index (χ4n) is 10.9. The number of carbonyl (C=O) groups is 1. The van der Waals surface area contributed by atoms with E-state index in [1.54, 1.807) is 0 Å². The summed E-state index contributed by atoms with van der Waals surface area (Å²) in [6.07, 6.45) is 36.7. The monoisotopic (exact) mass is 524 g/mol. The first-order chi connectivity index (χ1) is 18.6. The van der Waals surface area contributed by atoms with Crippen LogP contribution >= 0.6 is 0 Å². The highest BCUT2D eigenvalue weighted by Crippen LogP contribution is 2.65. The van der Waals surface area contributed by atoms with Crippen LogP contribution in [0.25, 0.3) is 0 Å². The Hall–Kier alpha value is -0.330. The number of ketones is 1. The SMILES string of the molecule is CCCCCCCC[C@H]1CC[C@H](C2CCC3(CC2)CC2(CCC([C@H]4CC[C@H](CCC)CC4)CC2)C3=O)CC1. The minimum atomic E-state index is 0.135. The van der Waals surface area contributed by atoms with Crippen molar-refractivity contribution in [2.45, 2.75) is 181 Å². The molecule has 0 saturated heterocycles. The number of unbranched alkanes of at least 4 members (excludes halogenated alkanes) is 5. The molecule has 5 rings (SSSR count). The Balaban J connectivity index is 0.984. The summed E-state index contributed by atoms with van der Waals surface area (Å²) >= 11 is 0. The topological polar surface area (TPSA) is 17.1 Å². The maximum Gasteiger partial charge on any atom is 0.145 e. The minimum Gasteiger partial charge on any atom is -0.298 e. The van der Waals surface area contributed by atoms with Crippen LogP contribution in [0.4, 0.5) is 0 Å². The quantitative estimate of drug-likeness (QED) is 0.246. The van der Waals surface area contributed by atoms with E-state index in [1.807, 2.05) is 0 Å². The lowest BCUT2D eigenvalue weighted by Gasteiger charge is -2.60. The Morgan fingerprint density at radius 2 is 0.921 bits per heavy atom. The molecule has 5 aliphatic carbocycles. The predicted molar refractivity (Wildman–Crippen MR) is 162 cm³/mol. The van der Waals surface area contributed by atoms with E-state index in [2.05, 4.69) is 13.8 Å². The summed E-state index contributed by atoms with van der Waals surface area (Å²) in [5.74, 6) is 6.67. The smallest absolute Gasteiger partial charge is 0.145 e. The fraction of sp³-hybridized carbons (Fsp3) is 0.973. The average Bonchev–Trinajstić information content (AvgIpc) is 2.96. The van der Waals surface area contributed by atoms with E-state index in [9.17, 15) is 4.79 Å². The predicted octanol–water partition coefficient (Wildman–Crippen LogP) is 11.5. The second-order valence-electron chi connectivity index (χ2n) is 15.6. The van der Waals surface area contributed by atoms with Crippen molar-refractivity contribution in [1.29, 1.82) is 0 Å². The molecule has 0 heterocycles. The van der Waals surface area contributed by atoms with Crippen molar-refractivity contribution in [3.05, 3.63) is 0 Å². The zero-order valence-electron chi connectivity index (χ0n) is 25.8. The zero-order valence-corrected chi connectivity index (χ0v) is 25.8. The lowest BCUT2D eigenvalue weighted by molar-refractivity contribution is -0.170. The first kappa shape index (κ1) is 29.2. The summed E-state index contributed by atoms with van der Waals surface area (Å²) in [6.45, 7) is 4.67. The molecule has 0 aromatic heterocycles. The number of rotatable bonds is 11. The van der Waals surface area contributed by atoms with Gasteiger partial charge in [-0.1, -0.05) is 97.3 Å². The molecule has 1 heteroatoms. The van der Waals surface area contributed by atoms with Crippen LogP contribution in [0.5, 0.6) is 0 Å². The number of Topliss-reactive ketones (excluding diaryl/α,β-unsaturated/α-hetero) is 1. The molecular weight excluding hydrogens is 460 g/mol. The van der Waals surface area contributed by atoms with Crippen LogP contribution in [0.3, 0.4) is 0 Å². The average molecular weight is 525 g/mol. The van der Waals surface area contributed by atoms with Gasteiger partial charge in [0, 0.05) is 10.8 Å². The lowest BCUT2D eigenvalue weighted by Crippen LogP contribution is -2.60. The van der Waals surface area contributed by atoms with Crippen molar-refractivity contribution in [2.24, 2.45) is 46.3 Å². The molecule has 0 aromatic rings. The summed E-state index contributed by atoms with van der Waals surface area (Å²) in [4.78, 5) is 13.8. The van der Waals surface area contributed by atoms with Gasteiger partial charge >= 0.3 is 0 Å². The molecule has 38 heavy (non-hydrogen) atoms. The van der Waals surface area contributed by atoms with Gasteiger partial charge in [0.05, 0.1) is 0 Å². The molecule has 5 fully saturated rings. The largest absolute Gasteiger partial charge is 0.298 e. The highest BCUT2D eigenvalue weighted by Gasteiger charge is 2.63. The Labute approximate surface area is 237 Å². The molecule has 0 N–H and O–H groups in total. The van der Waals surface area contributed by atoms with Crippen LogP contribution in [-0.4, -0.2) is 5.78 Å². The van der Waals surface area contributed by atoms with Gasteiger partial charge in [-0.3, -0.25) is 4.79 Å². The van der Waals surface area contributed by atoms with E-state index in [0.29, 0.717) is 0 Å². The normalized spacial score (nSPS) is 41.9. The number of hydrogen-bond donors (Lipinski definition) is 0. The molecule has 218 valence electrons. The van der Waals surface area contributed by atoms with Gasteiger partial charge in [-0.2, -0.15) is 0 Å². The molecule has 0 atom stereocenters. The number of hydrogen-bond acceptors (Lipinski definition) is 1. The van der Waals surface area contributed by atoms with E-state index in [-0.39, 0.29) is 10.8 Å². The Kier molecular flexibility index (Phi) is 10.4. The van der Waals surface area contributed by atoms with Gasteiger partial charge in [-0.05, 0) is 119 Å². The zero-order chi connectivity index (χ0) is 26.4. The van der Waals surface area contributed by atoms with Crippen LogP contribution in [-0.2, 0) is 4.79 Å². The maximum atomic E-state index is 13.8. The van der Waals surface area contributed by atoms with Crippen molar-refractivity contribution in [3.63, 3.8) is 0 Å². The van der Waals surface area contributed by atoms with Crippen LogP contribution in [0.2, 0.25) is 0 Å². The van der Waals surface area contributed by atoms with E-state index in [1.165, 1.54) is 167 Å². The van der Waals surface area contributed by atoms with Crippen LogP contribution < -0.4 is 0 Å². The van der Waals surface area contributed by atoms with Gasteiger partial charge in [0.15, 0.2) is 0 Å². The van der Waals surface area contributed by atoms with Crippen molar-refractivity contribution >= 4 is 5.78 Å². The minimum absolute atomic E-state index is 0.135. The standard InChI is InChI=1S/C37H64O/c1-3-5-6-7-8-9-11-30-14-18-32(19-15-30)34-22-26-37(27-23-34)28-36(35(37)38)24-20-33(21-25-36)31-16-12-29(10-4-2)13-17-31/h29-34H,3-28H2,1-2H3/t29-,30-,31-,32-,33?,34?,36?,37?. The molecule has 0 bridgehead atoms. The van der Waals surface area contributed by atoms with Crippen molar-refractivity contribution < 1.29 is 4.79 Å². The summed E-state index contributed by atoms with van der Waals surface area (Å²) < 4.78 is 0. The van der Waals surface area contributed by atoms with E-state index >= 15 is 0 Å². The first-order valence-corrected chi connectivity index (χ1v) is 18.1. The van der Waals surface area contributed by atoms with Gasteiger partial charge in [0.25, 0.3) is 0 Å². The fourth-order valence-corrected chi connectivity index (χ4v) is 10.9. The molecule has 5 aliphatic rings. The van der Waals surface area contributed by atoms with Gasteiger partial charge in [-0.25, -0.2) is 0 Å². The molecular formula is C37H64O. The summed E-state index contributed by atoms with van der Waals surface area (Å²) in [5.41, 5.74) is 0.272. The highest BCUT2D eigenvalue weighted by atomic mass is 16.1. The molecule has 0 aliphatic heterocycles. The molecule has 2 spiro atoms. The second kappa shape index (κ2) is 13.6. The van der Waals surface area contributed by atoms with E-state index in [0.717, 1.165) is 41.3 Å². The molecule has 5 saturated carbocycles. The second-order valence-corrected chi connectivity index (χ2v) is 15.6. The Bertz CT molecular complexity index is 705. The summed E-state index contributed by atoms with van der Waals surface area (Å²) in [5, 5.41) is 0.